The quantitative estimate of drug-likeness (QED) is 0.273. The van der Waals surface area contributed by atoms with E-state index in [1.165, 1.54) is 25.2 Å². The molecule has 1 aromatic carbocycles. The van der Waals surface area contributed by atoms with Gasteiger partial charge in [0.2, 0.25) is 5.91 Å². The highest BCUT2D eigenvalue weighted by Gasteiger charge is 2.17. The number of carbonyl (C=O) groups is 2. The van der Waals surface area contributed by atoms with Crippen LogP contribution in [0.1, 0.15) is 37.0 Å². The molecule has 164 valence electrons. The van der Waals surface area contributed by atoms with Crippen molar-refractivity contribution in [3.63, 3.8) is 0 Å². The number of thioether (sulfide) groups is 1. The Hall–Kier alpha value is -2.72. The maximum Gasteiger partial charge on any atom is 0.339 e. The van der Waals surface area contributed by atoms with Crippen LogP contribution in [0.15, 0.2) is 35.6 Å². The molecule has 0 spiro atoms. The smallest absolute Gasteiger partial charge is 0.339 e. The number of hydrogen-bond donors (Lipinski definition) is 1. The average molecular weight is 460 g/mol. The summed E-state index contributed by atoms with van der Waals surface area (Å²) in [5, 5.41) is 4.43. The molecule has 0 unspecified atom stereocenters. The van der Waals surface area contributed by atoms with Gasteiger partial charge in [0.1, 0.15) is 16.1 Å². The molecule has 0 saturated heterocycles. The highest BCUT2D eigenvalue weighted by atomic mass is 32.2. The number of nitrogens with one attached hydrogen (secondary N) is 1. The van der Waals surface area contributed by atoms with Crippen molar-refractivity contribution in [2.45, 2.75) is 31.7 Å². The van der Waals surface area contributed by atoms with Crippen LogP contribution in [0, 0.1) is 0 Å². The molecule has 2 aromatic heterocycles. The van der Waals surface area contributed by atoms with Crippen molar-refractivity contribution in [2.75, 3.05) is 36.2 Å². The average Bonchev–Trinajstić information content (AvgIpc) is 3.22. The Bertz CT molecular complexity index is 1050. The van der Waals surface area contributed by atoms with Gasteiger partial charge in [-0.15, -0.1) is 0 Å². The maximum absolute atomic E-state index is 12.5. The van der Waals surface area contributed by atoms with E-state index in [0.29, 0.717) is 16.9 Å². The van der Waals surface area contributed by atoms with Crippen molar-refractivity contribution >= 4 is 56.1 Å². The van der Waals surface area contributed by atoms with E-state index in [9.17, 15) is 9.59 Å². The van der Waals surface area contributed by atoms with Crippen LogP contribution in [-0.4, -0.2) is 52.8 Å². The van der Waals surface area contributed by atoms with E-state index in [2.05, 4.69) is 39.0 Å². The van der Waals surface area contributed by atoms with Crippen LogP contribution in [0.3, 0.4) is 0 Å². The van der Waals surface area contributed by atoms with Crippen molar-refractivity contribution < 1.29 is 14.3 Å². The first-order valence-electron chi connectivity index (χ1n) is 10.0. The van der Waals surface area contributed by atoms with Gasteiger partial charge in [-0.3, -0.25) is 4.79 Å². The molecule has 3 rings (SSSR count). The van der Waals surface area contributed by atoms with E-state index in [1.54, 1.807) is 35.6 Å². The summed E-state index contributed by atoms with van der Waals surface area (Å²) in [6, 6.07) is 6.75. The largest absolute Gasteiger partial charge is 0.465 e. The highest BCUT2D eigenvalue weighted by Crippen LogP contribution is 2.34. The lowest BCUT2D eigenvalue weighted by Gasteiger charge is -2.19. The molecule has 1 N–H and O–H groups in total. The number of nitrogens with zero attached hydrogens (tertiary/aromatic N) is 4. The summed E-state index contributed by atoms with van der Waals surface area (Å²) in [5.74, 6) is -0.596. The second-order valence-corrected chi connectivity index (χ2v) is 8.63. The first-order chi connectivity index (χ1) is 15.1. The van der Waals surface area contributed by atoms with Crippen molar-refractivity contribution in [3.8, 4) is 0 Å². The van der Waals surface area contributed by atoms with Crippen LogP contribution >= 0.6 is 23.1 Å². The third-order valence-electron chi connectivity index (χ3n) is 4.35. The lowest BCUT2D eigenvalue weighted by molar-refractivity contribution is -0.113. The van der Waals surface area contributed by atoms with E-state index < -0.39 is 5.97 Å². The summed E-state index contributed by atoms with van der Waals surface area (Å²) < 4.78 is 5.65. The third kappa shape index (κ3) is 5.71. The van der Waals surface area contributed by atoms with Crippen LogP contribution < -0.4 is 10.2 Å². The number of carbonyl (C=O) groups excluding carboxylic acids is 2. The number of fused-ring (bicyclic) bond motifs is 1. The van der Waals surface area contributed by atoms with E-state index in [-0.39, 0.29) is 11.7 Å². The fourth-order valence-electron chi connectivity index (χ4n) is 3.00. The molecule has 0 atom stereocenters. The molecule has 0 aliphatic heterocycles. The summed E-state index contributed by atoms with van der Waals surface area (Å²) in [7, 11) is 1.31. The van der Waals surface area contributed by atoms with Gasteiger partial charge in [-0.25, -0.2) is 14.8 Å². The van der Waals surface area contributed by atoms with Crippen molar-refractivity contribution in [1.29, 1.82) is 0 Å². The monoisotopic (exact) mass is 459 g/mol. The predicted molar refractivity (Wildman–Crippen MR) is 125 cm³/mol. The van der Waals surface area contributed by atoms with Gasteiger partial charge in [-0.2, -0.15) is 4.98 Å². The summed E-state index contributed by atoms with van der Waals surface area (Å²) in [6.07, 6.45) is 3.55. The molecule has 0 aliphatic carbocycles. The molecular formula is C21H25N5O3S2. The minimum Gasteiger partial charge on any atom is -0.465 e. The Morgan fingerprint density at radius 1 is 1.16 bits per heavy atom. The molecule has 0 fully saturated rings. The number of rotatable bonds is 10. The number of para-hydroxylation sites is 1. The Labute approximate surface area is 189 Å². The Morgan fingerprint density at radius 2 is 1.90 bits per heavy atom. The van der Waals surface area contributed by atoms with Crippen LogP contribution in [-0.2, 0) is 9.53 Å². The van der Waals surface area contributed by atoms with Gasteiger partial charge >= 0.3 is 5.97 Å². The number of benzene rings is 1. The first-order valence-corrected chi connectivity index (χ1v) is 11.8. The van der Waals surface area contributed by atoms with Crippen molar-refractivity contribution in [1.82, 2.24) is 15.0 Å². The molecule has 0 bridgehead atoms. The van der Waals surface area contributed by atoms with Gasteiger partial charge in [0.15, 0.2) is 10.8 Å². The number of hydrogen-bond acceptors (Lipinski definition) is 9. The van der Waals surface area contributed by atoms with Gasteiger partial charge in [0.05, 0.1) is 24.1 Å². The standard InChI is InChI=1S/C21H25N5O3S2/c1-4-10-26(11-5-2)21-25-18-17(31-21)19(23-13-22-18)30-12-16(27)24-15-9-7-6-8-14(15)20(28)29-3/h6-9,13H,4-5,10-12H2,1-3H3,(H,24,27). The van der Waals surface area contributed by atoms with Crippen LogP contribution in [0.25, 0.3) is 10.3 Å². The zero-order valence-electron chi connectivity index (χ0n) is 17.8. The molecular weight excluding hydrogens is 434 g/mol. The first kappa shape index (κ1) is 23.0. The molecule has 10 heteroatoms. The summed E-state index contributed by atoms with van der Waals surface area (Å²) in [6.45, 7) is 6.17. The number of ether oxygens (including phenoxy) is 1. The van der Waals surface area contributed by atoms with Crippen LogP contribution in [0.4, 0.5) is 10.8 Å². The predicted octanol–water partition coefficient (Wildman–Crippen LogP) is 4.23. The Balaban J connectivity index is 1.73. The van der Waals surface area contributed by atoms with Gasteiger partial charge < -0.3 is 15.0 Å². The SMILES string of the molecule is CCCN(CCC)c1nc2ncnc(SCC(=O)Nc3ccccc3C(=O)OC)c2s1. The molecule has 31 heavy (non-hydrogen) atoms. The van der Waals surface area contributed by atoms with Gasteiger partial charge in [-0.05, 0) is 25.0 Å². The number of methoxy groups -OCH3 is 1. The minimum atomic E-state index is -0.498. The Kier molecular flexibility index (Phi) is 8.19. The zero-order chi connectivity index (χ0) is 22.2. The number of esters is 1. The van der Waals surface area contributed by atoms with Gasteiger partial charge in [0.25, 0.3) is 0 Å². The van der Waals surface area contributed by atoms with Crippen molar-refractivity contribution in [2.24, 2.45) is 0 Å². The fourth-order valence-corrected chi connectivity index (χ4v) is 4.95. The minimum absolute atomic E-state index is 0.141. The molecule has 2 heterocycles. The maximum atomic E-state index is 12.5. The number of thiazole rings is 1. The van der Waals surface area contributed by atoms with Crippen LogP contribution in [0.5, 0.6) is 0 Å². The van der Waals surface area contributed by atoms with Crippen molar-refractivity contribution in [3.05, 3.63) is 36.2 Å². The molecule has 3 aromatic rings. The molecule has 8 nitrogen and oxygen atoms in total. The molecule has 0 radical (unpaired) electrons. The highest BCUT2D eigenvalue weighted by molar-refractivity contribution is 8.00. The third-order valence-corrected chi connectivity index (χ3v) is 6.58. The van der Waals surface area contributed by atoms with Gasteiger partial charge in [0, 0.05) is 13.1 Å². The number of anilines is 2. The summed E-state index contributed by atoms with van der Waals surface area (Å²) in [5.41, 5.74) is 1.38. The van der Waals surface area contributed by atoms with Crippen LogP contribution in [0.2, 0.25) is 0 Å². The van der Waals surface area contributed by atoms with E-state index in [1.807, 2.05) is 0 Å². The summed E-state index contributed by atoms with van der Waals surface area (Å²) >= 11 is 2.87. The second-order valence-electron chi connectivity index (χ2n) is 6.69. The van der Waals surface area contributed by atoms with E-state index in [4.69, 9.17) is 4.74 Å². The lowest BCUT2D eigenvalue weighted by Crippen LogP contribution is -2.24. The zero-order valence-corrected chi connectivity index (χ0v) is 19.4. The number of aromatic nitrogens is 3. The molecule has 0 aliphatic rings. The topological polar surface area (TPSA) is 97.3 Å². The second kappa shape index (κ2) is 11.1. The molecule has 0 saturated carbocycles. The normalized spacial score (nSPS) is 10.8. The van der Waals surface area contributed by atoms with E-state index in [0.717, 1.165) is 40.8 Å². The molecule has 1 amide bonds. The van der Waals surface area contributed by atoms with E-state index >= 15 is 0 Å². The number of amides is 1. The summed E-state index contributed by atoms with van der Waals surface area (Å²) in [4.78, 5) is 40.0. The Morgan fingerprint density at radius 3 is 2.61 bits per heavy atom. The van der Waals surface area contributed by atoms with Gasteiger partial charge in [-0.1, -0.05) is 49.1 Å². The lowest BCUT2D eigenvalue weighted by atomic mass is 10.2. The fraction of sp³-hybridized carbons (Fsp3) is 0.381.